The third kappa shape index (κ3) is 19.6. The molecule has 4 amide bonds. The second kappa shape index (κ2) is 33.8. The molecule has 4 aliphatic carbocycles. The van der Waals surface area contributed by atoms with Crippen LogP contribution in [0, 0.1) is 58.2 Å². The lowest BCUT2D eigenvalue weighted by atomic mass is 9.81. The molecule has 2 N–H and O–H groups in total. The van der Waals surface area contributed by atoms with Gasteiger partial charge in [-0.15, -0.1) is 0 Å². The number of nitrogens with one attached hydrogen (secondary N) is 2. The van der Waals surface area contributed by atoms with Gasteiger partial charge in [0.15, 0.2) is 11.6 Å². The van der Waals surface area contributed by atoms with E-state index in [9.17, 15) is 45.6 Å². The highest BCUT2D eigenvalue weighted by molar-refractivity contribution is 7.92. The minimum atomic E-state index is -3.96. The molecule has 8 aliphatic rings. The van der Waals surface area contributed by atoms with Crippen LogP contribution in [0.3, 0.4) is 0 Å². The summed E-state index contributed by atoms with van der Waals surface area (Å²) in [6.07, 6.45) is 15.6. The fourth-order valence-electron chi connectivity index (χ4n) is 16.7. The van der Waals surface area contributed by atoms with Crippen molar-refractivity contribution in [3.63, 3.8) is 0 Å². The smallest absolute Gasteiger partial charge is 0.307 e. The molecule has 612 valence electrons. The molecule has 26 nitrogen and oxygen atoms in total. The number of hydrogen-bond donors (Lipinski definition) is 2. The Bertz CT molecular complexity index is 4220. The van der Waals surface area contributed by atoms with E-state index in [2.05, 4.69) is 33.3 Å². The second-order valence-corrected chi connectivity index (χ2v) is 39.7. The summed E-state index contributed by atoms with van der Waals surface area (Å²) in [4.78, 5) is 126. The number of benzene rings is 2. The van der Waals surface area contributed by atoms with Gasteiger partial charge in [-0.05, 0) is 227 Å². The molecule has 4 aliphatic heterocycles. The van der Waals surface area contributed by atoms with Crippen molar-refractivity contribution in [1.82, 2.24) is 29.2 Å². The molecule has 4 aromatic rings. The first kappa shape index (κ1) is 84.8. The summed E-state index contributed by atoms with van der Waals surface area (Å²) in [5.41, 5.74) is -4.12. The summed E-state index contributed by atoms with van der Waals surface area (Å²) in [5, 5.41) is 3.11. The number of fused-ring (bicyclic) bond motifs is 6. The third-order valence-corrected chi connectivity index (χ3v) is 28.3. The Balaban J connectivity index is 0.000000221. The molecule has 6 heterocycles. The maximum absolute atomic E-state index is 15.0. The van der Waals surface area contributed by atoms with Crippen LogP contribution < -0.4 is 28.4 Å². The number of ketones is 2. The summed E-state index contributed by atoms with van der Waals surface area (Å²) < 4.78 is 102. The van der Waals surface area contributed by atoms with Gasteiger partial charge in [0, 0.05) is 76.3 Å². The number of Topliss-reactive ketones (excluding diaryl/α,β-unsaturated/α-hetero) is 2. The quantitative estimate of drug-likeness (QED) is 0.0613. The number of ether oxygens (including phenoxy) is 8. The van der Waals surface area contributed by atoms with E-state index in [0.717, 1.165) is 34.4 Å². The number of rotatable bonds is 20. The Kier molecular flexibility index (Phi) is 25.6. The molecule has 0 unspecified atom stereocenters. The lowest BCUT2D eigenvalue weighted by molar-refractivity contribution is -0.161. The van der Waals surface area contributed by atoms with Gasteiger partial charge in [0.1, 0.15) is 34.9 Å². The lowest BCUT2D eigenvalue weighted by Gasteiger charge is -2.33. The number of aromatic nitrogens is 2. The van der Waals surface area contributed by atoms with E-state index in [1.54, 1.807) is 108 Å². The Hall–Kier alpha value is -8.08. The van der Waals surface area contributed by atoms with E-state index in [-0.39, 0.29) is 112 Å². The number of carbonyl (C=O) groups excluding carboxylic acids is 8. The van der Waals surface area contributed by atoms with Crippen molar-refractivity contribution in [2.45, 2.75) is 230 Å². The second-order valence-electron chi connectivity index (χ2n) is 35.3. The molecule has 0 radical (unpaired) electrons. The van der Waals surface area contributed by atoms with Crippen LogP contribution in [0.1, 0.15) is 185 Å². The summed E-state index contributed by atoms with van der Waals surface area (Å²) >= 11 is 0. The molecular weight excluding hydrogens is 1480 g/mol. The molecule has 0 spiro atoms. The number of amides is 4. The van der Waals surface area contributed by atoms with Crippen molar-refractivity contribution in [3.05, 3.63) is 85.2 Å². The molecule has 4 saturated carbocycles. The van der Waals surface area contributed by atoms with Gasteiger partial charge in [0.2, 0.25) is 55.4 Å². The molecule has 28 heteroatoms. The Morgan fingerprint density at radius 2 is 0.920 bits per heavy atom. The van der Waals surface area contributed by atoms with Crippen LogP contribution >= 0.6 is 0 Å². The van der Waals surface area contributed by atoms with Crippen LogP contribution in [0.5, 0.6) is 23.3 Å². The molecule has 14 atom stereocenters. The fraction of sp³-hybridized carbons (Fsp3) is 0.643. The maximum Gasteiger partial charge on any atom is 0.307 e. The van der Waals surface area contributed by atoms with Gasteiger partial charge in [-0.3, -0.25) is 47.8 Å². The van der Waals surface area contributed by atoms with Crippen LogP contribution in [-0.4, -0.2) is 183 Å². The fourth-order valence-corrected chi connectivity index (χ4v) is 19.4. The highest BCUT2D eigenvalue weighted by Crippen LogP contribution is 2.59. The van der Waals surface area contributed by atoms with Crippen LogP contribution in [0.15, 0.2) is 85.2 Å². The maximum atomic E-state index is 15.0. The van der Waals surface area contributed by atoms with Crippen molar-refractivity contribution < 1.29 is 93.1 Å². The zero-order valence-corrected chi connectivity index (χ0v) is 69.0. The standard InChI is InChI=1S/2C42H57N3O10S/c2*1-26-10-8-9-11-29-22-42(29,39(49)44-56(50,51)41(5)15-16-41)23-35(46)34-20-31(54-37-32-13-12-30(53-7)19-27(32)14-17-43-37)24-45(34)38(48)33(28(18-26)25-52-6)21-36(47)55-40(2,3)4/h2*9,11-14,17,19,26,28-29,31,33-34H,8,10,15-16,18,20-25H2,1-7H3,(H,44,49)/b2*11-9-/t26-,28+,29-,31-,33+,34+,42-;26-,28-,29+,31+,33-,34-,42+/m10/s1. The largest absolute Gasteiger partial charge is 0.497 e. The number of carbonyl (C=O) groups is 8. The van der Waals surface area contributed by atoms with Crippen molar-refractivity contribution in [1.29, 1.82) is 0 Å². The van der Waals surface area contributed by atoms with Crippen molar-refractivity contribution in [2.24, 2.45) is 58.2 Å². The number of esters is 2. The zero-order valence-electron chi connectivity index (χ0n) is 67.3. The first-order chi connectivity index (χ1) is 52.8. The number of sulfonamides is 2. The van der Waals surface area contributed by atoms with E-state index in [1.807, 2.05) is 60.7 Å². The first-order valence-corrected chi connectivity index (χ1v) is 42.5. The lowest BCUT2D eigenvalue weighted by Crippen LogP contribution is -2.48. The molecule has 6 fully saturated rings. The minimum Gasteiger partial charge on any atom is -0.497 e. The van der Waals surface area contributed by atoms with Crippen molar-refractivity contribution >= 4 is 88.7 Å². The normalized spacial score (nSPS) is 29.9. The molecule has 112 heavy (non-hydrogen) atoms. The van der Waals surface area contributed by atoms with E-state index in [4.69, 9.17) is 37.9 Å². The molecule has 12 rings (SSSR count). The number of pyridine rings is 2. The molecule has 0 bridgehead atoms. The van der Waals surface area contributed by atoms with Gasteiger partial charge < -0.3 is 47.7 Å². The van der Waals surface area contributed by atoms with Crippen molar-refractivity contribution in [3.8, 4) is 23.3 Å². The summed E-state index contributed by atoms with van der Waals surface area (Å²) in [7, 11) is -1.62. The van der Waals surface area contributed by atoms with Gasteiger partial charge in [0.25, 0.3) is 0 Å². The predicted molar refractivity (Wildman–Crippen MR) is 418 cm³/mol. The molecule has 2 aromatic carbocycles. The third-order valence-electron chi connectivity index (χ3n) is 24.0. The van der Waals surface area contributed by atoms with E-state index >= 15 is 9.59 Å². The molecular formula is C84H114N6O20S2. The average molecular weight is 1590 g/mol. The summed E-state index contributed by atoms with van der Waals surface area (Å²) in [6.45, 7) is 18.5. The molecule has 2 aromatic heterocycles. The highest BCUT2D eigenvalue weighted by atomic mass is 32.2. The Morgan fingerprint density at radius 3 is 1.26 bits per heavy atom. The topological polar surface area (TPSA) is 335 Å². The Morgan fingerprint density at radius 1 is 0.545 bits per heavy atom. The number of hydrogen-bond acceptors (Lipinski definition) is 22. The van der Waals surface area contributed by atoms with E-state index in [0.29, 0.717) is 87.5 Å². The van der Waals surface area contributed by atoms with Crippen molar-refractivity contribution in [2.75, 3.05) is 54.7 Å². The highest BCUT2D eigenvalue weighted by Gasteiger charge is 2.65. The SMILES string of the molecule is COC[C@@H]1C[C@@H](C)CC/C=C\[C@@H]2C[C@@]2(C(=O)NS(=O)(=O)C2(C)CC2)CC(=O)[C@@H]2C[C@@H](Oc3nccc4cc(OC)ccc34)CN2C(=O)[C@H]1CC(=O)OC(C)(C)C.COC[C@@H]1C[C@H](C)CC/C=C\[C@@H]2C[C@@]2(C(=O)NS(=O)(=O)C2(C)CC2)CC(=O)[C@@H]2C[C@@H](Oc3nccc4cc(OC)ccc34)CN2C(=O)[C@H]1CC(=O)OC(C)(C)C. The number of methoxy groups -OCH3 is 4. The minimum absolute atomic E-state index is 0.0266. The Labute approximate surface area is 658 Å². The van der Waals surface area contributed by atoms with Gasteiger partial charge in [-0.1, -0.05) is 38.2 Å². The first-order valence-electron chi connectivity index (χ1n) is 39.5. The van der Waals surface area contributed by atoms with Gasteiger partial charge in [-0.25, -0.2) is 26.8 Å². The van der Waals surface area contributed by atoms with E-state index < -0.39 is 123 Å². The number of allylic oxidation sites excluding steroid dienone is 4. The summed E-state index contributed by atoms with van der Waals surface area (Å²) in [6, 6.07) is 12.7. The van der Waals surface area contributed by atoms with Gasteiger partial charge in [0.05, 0.1) is 84.4 Å². The van der Waals surface area contributed by atoms with Crippen LogP contribution in [0.4, 0.5) is 0 Å². The average Bonchev–Trinajstić information content (AvgIpc) is 1.57. The number of nitrogens with zero attached hydrogens (tertiary/aromatic N) is 4. The molecule has 2 saturated heterocycles. The van der Waals surface area contributed by atoms with Gasteiger partial charge >= 0.3 is 11.9 Å². The van der Waals surface area contributed by atoms with E-state index in [1.165, 1.54) is 9.80 Å². The van der Waals surface area contributed by atoms with Gasteiger partial charge in [-0.2, -0.15) is 0 Å². The zero-order chi connectivity index (χ0) is 81.3. The monoisotopic (exact) mass is 1590 g/mol. The predicted octanol–water partition coefficient (Wildman–Crippen LogP) is 11.1. The summed E-state index contributed by atoms with van der Waals surface area (Å²) in [5.74, 6) is -4.87. The van der Waals surface area contributed by atoms with Crippen LogP contribution in [0.2, 0.25) is 0 Å². The van der Waals surface area contributed by atoms with Crippen LogP contribution in [0.25, 0.3) is 21.5 Å². The van der Waals surface area contributed by atoms with Crippen LogP contribution in [-0.2, 0) is 77.4 Å².